The van der Waals surface area contributed by atoms with Crippen molar-refractivity contribution in [3.05, 3.63) is 24.3 Å². The van der Waals surface area contributed by atoms with E-state index in [-0.39, 0.29) is 25.6 Å². The van der Waals surface area contributed by atoms with Gasteiger partial charge in [0.25, 0.3) is 0 Å². The van der Waals surface area contributed by atoms with Crippen molar-refractivity contribution >= 4 is 19.8 Å². The number of hydrogen-bond donors (Lipinski definition) is 1. The van der Waals surface area contributed by atoms with Gasteiger partial charge in [-0.1, -0.05) is 282 Å². The molecule has 10 heteroatoms. The molecule has 432 valence electrons. The molecule has 9 nitrogen and oxygen atoms in total. The van der Waals surface area contributed by atoms with E-state index in [0.29, 0.717) is 17.4 Å². The highest BCUT2D eigenvalue weighted by Gasteiger charge is 2.27. The second kappa shape index (κ2) is 55.3. The first-order chi connectivity index (χ1) is 35.5. The van der Waals surface area contributed by atoms with E-state index in [0.717, 1.165) is 44.9 Å². The smallest absolute Gasteiger partial charge is 0.462 e. The Bertz CT molecular complexity index is 1280. The maximum absolute atomic E-state index is 12.8. The highest BCUT2D eigenvalue weighted by atomic mass is 31.2. The van der Waals surface area contributed by atoms with Crippen molar-refractivity contribution in [2.45, 2.75) is 322 Å². The van der Waals surface area contributed by atoms with E-state index in [2.05, 4.69) is 38.2 Å². The minimum Gasteiger partial charge on any atom is -0.462 e. The molecule has 0 aliphatic heterocycles. The molecule has 2 atom stereocenters. The lowest BCUT2D eigenvalue weighted by atomic mass is 10.0. The van der Waals surface area contributed by atoms with Crippen molar-refractivity contribution in [2.24, 2.45) is 0 Å². The highest BCUT2D eigenvalue weighted by molar-refractivity contribution is 7.47. The fraction of sp³-hybridized carbons (Fsp3) is 0.905. The van der Waals surface area contributed by atoms with Crippen molar-refractivity contribution < 1.29 is 42.1 Å². The number of likely N-dealkylation sites (N-methyl/N-ethyl adjacent to an activating group) is 1. The van der Waals surface area contributed by atoms with Crippen LogP contribution in [0.15, 0.2) is 24.3 Å². The van der Waals surface area contributed by atoms with Crippen molar-refractivity contribution in [2.75, 3.05) is 47.5 Å². The molecule has 1 N–H and O–H groups in total. The zero-order valence-corrected chi connectivity index (χ0v) is 50.0. The molecule has 0 rings (SSSR count). The minimum atomic E-state index is -4.37. The number of quaternary nitrogens is 1. The molecule has 0 aromatic carbocycles. The molecule has 0 saturated heterocycles. The minimum absolute atomic E-state index is 0.0358. The third kappa shape index (κ3) is 59.6. The molecule has 0 aromatic rings. The summed E-state index contributed by atoms with van der Waals surface area (Å²) in [6.07, 6.45) is 67.3. The fourth-order valence-corrected chi connectivity index (χ4v) is 10.1. The largest absolute Gasteiger partial charge is 0.472 e. The molecule has 0 radical (unpaired) electrons. The first kappa shape index (κ1) is 71.5. The van der Waals surface area contributed by atoms with Gasteiger partial charge in [-0.25, -0.2) is 4.57 Å². The van der Waals surface area contributed by atoms with Gasteiger partial charge in [-0.05, 0) is 44.9 Å². The van der Waals surface area contributed by atoms with Gasteiger partial charge in [0.1, 0.15) is 19.8 Å². The molecule has 73 heavy (non-hydrogen) atoms. The third-order valence-electron chi connectivity index (χ3n) is 14.2. The Morgan fingerprint density at radius 3 is 1.08 bits per heavy atom. The number of carbonyl (C=O) groups is 2. The van der Waals surface area contributed by atoms with E-state index in [1.807, 2.05) is 21.1 Å². The van der Waals surface area contributed by atoms with Crippen LogP contribution in [-0.2, 0) is 32.7 Å². The SMILES string of the molecule is CCCCCCC/C=C\C/C=C\CCCCCCCCCCCCCCCCCCCCCCCCCCCCCC(=O)OC(COC(=O)CCCCCCCCCCCC)COP(=O)(O)OCC[N+](C)(C)C. The Morgan fingerprint density at radius 2 is 0.740 bits per heavy atom. The number of phosphoric ester groups is 1. The van der Waals surface area contributed by atoms with Crippen LogP contribution in [0.2, 0.25) is 0 Å². The monoisotopic (exact) mass is 1050 g/mol. The summed E-state index contributed by atoms with van der Waals surface area (Å²) >= 11 is 0. The summed E-state index contributed by atoms with van der Waals surface area (Å²) < 4.78 is 34.5. The van der Waals surface area contributed by atoms with Crippen molar-refractivity contribution in [1.82, 2.24) is 0 Å². The first-order valence-electron chi connectivity index (χ1n) is 31.6. The molecular formula is C63H123NO8P+. The van der Waals surface area contributed by atoms with Gasteiger partial charge in [0.2, 0.25) is 0 Å². The maximum Gasteiger partial charge on any atom is 0.472 e. The van der Waals surface area contributed by atoms with Gasteiger partial charge in [-0.15, -0.1) is 0 Å². The molecule has 0 fully saturated rings. The molecule has 0 saturated carbocycles. The second-order valence-electron chi connectivity index (χ2n) is 22.8. The van der Waals surface area contributed by atoms with Crippen molar-refractivity contribution in [3.63, 3.8) is 0 Å². The van der Waals surface area contributed by atoms with Gasteiger partial charge in [0.05, 0.1) is 27.7 Å². The number of phosphoric acid groups is 1. The standard InChI is InChI=1S/C63H122NO8P/c1-6-8-10-12-14-16-18-19-20-21-22-23-24-25-26-27-28-29-30-31-32-33-34-35-36-37-38-39-40-41-42-43-44-45-46-48-50-52-54-56-63(66)72-61(60-71-73(67,68)70-58-57-64(3,4)5)59-69-62(65)55-53-51-49-47-17-15-13-11-9-7-2/h18-19,21-22,61H,6-17,20,23-60H2,1-5H3/p+1/b19-18-,22-21-. The average molecular weight is 1050 g/mol. The van der Waals surface area contributed by atoms with E-state index in [9.17, 15) is 19.0 Å². The predicted molar refractivity (Wildman–Crippen MR) is 312 cm³/mol. The topological polar surface area (TPSA) is 108 Å². The molecule has 0 heterocycles. The van der Waals surface area contributed by atoms with E-state index < -0.39 is 26.5 Å². The van der Waals surface area contributed by atoms with Crippen LogP contribution < -0.4 is 0 Å². The zero-order valence-electron chi connectivity index (χ0n) is 49.1. The van der Waals surface area contributed by atoms with Crippen LogP contribution in [0.1, 0.15) is 316 Å². The number of nitrogens with zero attached hydrogens (tertiary/aromatic N) is 1. The van der Waals surface area contributed by atoms with E-state index in [1.165, 1.54) is 244 Å². The van der Waals surface area contributed by atoms with E-state index >= 15 is 0 Å². The molecule has 0 aliphatic carbocycles. The number of carbonyl (C=O) groups excluding carboxylic acids is 2. The lowest BCUT2D eigenvalue weighted by Gasteiger charge is -2.24. The number of unbranched alkanes of at least 4 members (excludes halogenated alkanes) is 41. The quantitative estimate of drug-likeness (QED) is 0.0211. The fourth-order valence-electron chi connectivity index (χ4n) is 9.34. The lowest BCUT2D eigenvalue weighted by Crippen LogP contribution is -2.37. The molecule has 0 aliphatic rings. The first-order valence-corrected chi connectivity index (χ1v) is 33.1. The summed E-state index contributed by atoms with van der Waals surface area (Å²) in [6.45, 7) is 4.45. The average Bonchev–Trinajstić information content (AvgIpc) is 3.35. The van der Waals surface area contributed by atoms with Crippen LogP contribution in [0.5, 0.6) is 0 Å². The van der Waals surface area contributed by atoms with Gasteiger partial charge in [0.15, 0.2) is 6.10 Å². The Hall–Kier alpha value is -1.51. The molecule has 0 bridgehead atoms. The Balaban J connectivity index is 3.80. The predicted octanol–water partition coefficient (Wildman–Crippen LogP) is 19.8. The van der Waals surface area contributed by atoms with Crippen LogP contribution in [0.25, 0.3) is 0 Å². The lowest BCUT2D eigenvalue weighted by molar-refractivity contribution is -0.870. The van der Waals surface area contributed by atoms with Gasteiger partial charge >= 0.3 is 19.8 Å². The molecule has 0 aromatic heterocycles. The van der Waals surface area contributed by atoms with Crippen molar-refractivity contribution in [1.29, 1.82) is 0 Å². The summed E-state index contributed by atoms with van der Waals surface area (Å²) in [5, 5.41) is 0. The van der Waals surface area contributed by atoms with E-state index in [1.54, 1.807) is 0 Å². The summed E-state index contributed by atoms with van der Waals surface area (Å²) in [7, 11) is 1.50. The molecule has 2 unspecified atom stereocenters. The summed E-state index contributed by atoms with van der Waals surface area (Å²) in [6, 6.07) is 0. The zero-order chi connectivity index (χ0) is 53.5. The number of allylic oxidation sites excluding steroid dienone is 4. The third-order valence-corrected chi connectivity index (χ3v) is 15.2. The number of ether oxygens (including phenoxy) is 2. The maximum atomic E-state index is 12.8. The summed E-state index contributed by atoms with van der Waals surface area (Å²) in [4.78, 5) is 35.5. The Labute approximate surface area is 453 Å². The summed E-state index contributed by atoms with van der Waals surface area (Å²) in [5.74, 6) is -0.782. The number of rotatable bonds is 59. The van der Waals surface area contributed by atoms with Gasteiger partial charge in [-0.2, -0.15) is 0 Å². The van der Waals surface area contributed by atoms with Crippen LogP contribution in [-0.4, -0.2) is 74.9 Å². The number of hydrogen-bond acceptors (Lipinski definition) is 7. The molecular weight excluding hydrogens is 930 g/mol. The van der Waals surface area contributed by atoms with E-state index in [4.69, 9.17) is 18.5 Å². The summed E-state index contributed by atoms with van der Waals surface area (Å²) in [5.41, 5.74) is 0. The van der Waals surface area contributed by atoms with Crippen LogP contribution in [0, 0.1) is 0 Å². The van der Waals surface area contributed by atoms with Crippen LogP contribution in [0.4, 0.5) is 0 Å². The van der Waals surface area contributed by atoms with Crippen molar-refractivity contribution in [3.8, 4) is 0 Å². The van der Waals surface area contributed by atoms with Gasteiger partial charge in [0, 0.05) is 12.8 Å². The molecule has 0 spiro atoms. The van der Waals surface area contributed by atoms with Crippen LogP contribution >= 0.6 is 7.82 Å². The Kier molecular flexibility index (Phi) is 54.1. The van der Waals surface area contributed by atoms with Crippen LogP contribution in [0.3, 0.4) is 0 Å². The Morgan fingerprint density at radius 1 is 0.425 bits per heavy atom. The van der Waals surface area contributed by atoms with Gasteiger partial charge < -0.3 is 18.9 Å². The highest BCUT2D eigenvalue weighted by Crippen LogP contribution is 2.43. The second-order valence-corrected chi connectivity index (χ2v) is 24.3. The number of esters is 2. The molecule has 0 amide bonds. The van der Waals surface area contributed by atoms with Gasteiger partial charge in [-0.3, -0.25) is 18.6 Å². The normalized spacial score (nSPS) is 13.3.